The zero-order valence-corrected chi connectivity index (χ0v) is 11.4. The van der Waals surface area contributed by atoms with Crippen molar-refractivity contribution in [1.82, 2.24) is 0 Å². The average Bonchev–Trinajstić information content (AvgIpc) is 2.37. The minimum atomic E-state index is 0.433. The van der Waals surface area contributed by atoms with Crippen LogP contribution in [0.15, 0.2) is 49.0 Å². The van der Waals surface area contributed by atoms with Crippen LogP contribution in [0.3, 0.4) is 0 Å². The number of hydrogen-bond donors (Lipinski definition) is 0. The van der Waals surface area contributed by atoms with E-state index in [1.165, 1.54) is 27.8 Å². The zero-order valence-electron chi connectivity index (χ0n) is 11.4. The van der Waals surface area contributed by atoms with Gasteiger partial charge in [-0.2, -0.15) is 0 Å². The first-order valence-electron chi connectivity index (χ1n) is 6.41. The Morgan fingerprint density at radius 2 is 1.72 bits per heavy atom. The Morgan fingerprint density at radius 1 is 1.00 bits per heavy atom. The Bertz CT molecular complexity index is 564. The quantitative estimate of drug-likeness (QED) is 0.695. The van der Waals surface area contributed by atoms with Crippen molar-refractivity contribution in [3.63, 3.8) is 0 Å². The second kappa shape index (κ2) is 5.22. The smallest absolute Gasteiger partial charge is 0.00612 e. The standard InChI is InChI=1S/C18H20/c1-5-16-9-10-18(12-14(16)3)15(4)17-8-6-7-13(2)11-17/h5-12,15H,1H2,2-4H3. The SMILES string of the molecule is C=Cc1ccc(C(C)c2cccc(C)c2)cc1C. The largest absolute Gasteiger partial charge is 0.0985 e. The minimum Gasteiger partial charge on any atom is -0.0985 e. The summed E-state index contributed by atoms with van der Waals surface area (Å²) in [5.74, 6) is 0.433. The van der Waals surface area contributed by atoms with Gasteiger partial charge in [0.2, 0.25) is 0 Å². The molecule has 0 radical (unpaired) electrons. The van der Waals surface area contributed by atoms with E-state index in [1.807, 2.05) is 6.08 Å². The van der Waals surface area contributed by atoms with Crippen molar-refractivity contribution in [2.45, 2.75) is 26.7 Å². The minimum absolute atomic E-state index is 0.433. The molecule has 0 aliphatic carbocycles. The van der Waals surface area contributed by atoms with Crippen molar-refractivity contribution in [2.24, 2.45) is 0 Å². The maximum atomic E-state index is 3.84. The third-order valence-corrected chi connectivity index (χ3v) is 3.56. The predicted molar refractivity (Wildman–Crippen MR) is 80.0 cm³/mol. The lowest BCUT2D eigenvalue weighted by atomic mass is 9.90. The van der Waals surface area contributed by atoms with Gasteiger partial charge in [-0.05, 0) is 36.1 Å². The first-order valence-corrected chi connectivity index (χ1v) is 6.41. The van der Waals surface area contributed by atoms with E-state index in [-0.39, 0.29) is 0 Å². The van der Waals surface area contributed by atoms with Gasteiger partial charge in [0.05, 0.1) is 0 Å². The Kier molecular flexibility index (Phi) is 3.66. The molecule has 0 aromatic heterocycles. The fourth-order valence-electron chi connectivity index (χ4n) is 2.33. The van der Waals surface area contributed by atoms with Gasteiger partial charge in [0, 0.05) is 5.92 Å². The molecule has 0 heterocycles. The van der Waals surface area contributed by atoms with Crippen LogP contribution in [-0.4, -0.2) is 0 Å². The van der Waals surface area contributed by atoms with E-state index in [0.717, 1.165) is 0 Å². The molecule has 0 amide bonds. The van der Waals surface area contributed by atoms with Crippen molar-refractivity contribution in [2.75, 3.05) is 0 Å². The lowest BCUT2D eigenvalue weighted by Crippen LogP contribution is -1.97. The summed E-state index contributed by atoms with van der Waals surface area (Å²) in [7, 11) is 0. The van der Waals surface area contributed by atoms with Crippen LogP contribution in [-0.2, 0) is 0 Å². The highest BCUT2D eigenvalue weighted by molar-refractivity contribution is 5.53. The maximum Gasteiger partial charge on any atom is 0.00612 e. The molecule has 1 unspecified atom stereocenters. The molecule has 0 N–H and O–H groups in total. The van der Waals surface area contributed by atoms with Crippen LogP contribution >= 0.6 is 0 Å². The molecular formula is C18H20. The summed E-state index contributed by atoms with van der Waals surface area (Å²) in [6, 6.07) is 15.4. The second-order valence-electron chi connectivity index (χ2n) is 4.96. The van der Waals surface area contributed by atoms with E-state index in [4.69, 9.17) is 0 Å². The number of hydrogen-bond acceptors (Lipinski definition) is 0. The second-order valence-corrected chi connectivity index (χ2v) is 4.96. The molecule has 2 rings (SSSR count). The van der Waals surface area contributed by atoms with E-state index in [1.54, 1.807) is 0 Å². The van der Waals surface area contributed by atoms with Gasteiger partial charge in [-0.15, -0.1) is 0 Å². The third kappa shape index (κ3) is 2.53. The Labute approximate surface area is 110 Å². The molecule has 2 aromatic carbocycles. The van der Waals surface area contributed by atoms with Gasteiger partial charge in [-0.25, -0.2) is 0 Å². The monoisotopic (exact) mass is 236 g/mol. The van der Waals surface area contributed by atoms with Gasteiger partial charge in [-0.3, -0.25) is 0 Å². The van der Waals surface area contributed by atoms with Crippen LogP contribution in [0.5, 0.6) is 0 Å². The van der Waals surface area contributed by atoms with Crippen LogP contribution < -0.4 is 0 Å². The Balaban J connectivity index is 2.37. The predicted octanol–water partition coefficient (Wildman–Crippen LogP) is 5.10. The summed E-state index contributed by atoms with van der Waals surface area (Å²) in [6.07, 6.45) is 1.91. The van der Waals surface area contributed by atoms with Gasteiger partial charge in [0.1, 0.15) is 0 Å². The van der Waals surface area contributed by atoms with Crippen molar-refractivity contribution >= 4 is 6.08 Å². The van der Waals surface area contributed by atoms with Gasteiger partial charge in [0.15, 0.2) is 0 Å². The van der Waals surface area contributed by atoms with Crippen LogP contribution in [0.25, 0.3) is 6.08 Å². The summed E-state index contributed by atoms with van der Waals surface area (Å²) in [5, 5.41) is 0. The first kappa shape index (κ1) is 12.6. The molecule has 1 atom stereocenters. The Morgan fingerprint density at radius 3 is 2.33 bits per heavy atom. The van der Waals surface area contributed by atoms with E-state index in [9.17, 15) is 0 Å². The molecule has 0 nitrogen and oxygen atoms in total. The van der Waals surface area contributed by atoms with Crippen LogP contribution in [0.2, 0.25) is 0 Å². The fourth-order valence-corrected chi connectivity index (χ4v) is 2.33. The van der Waals surface area contributed by atoms with Crippen LogP contribution in [0.4, 0.5) is 0 Å². The highest BCUT2D eigenvalue weighted by Crippen LogP contribution is 2.26. The van der Waals surface area contributed by atoms with Crippen molar-refractivity contribution in [3.05, 3.63) is 76.9 Å². The molecule has 92 valence electrons. The Hall–Kier alpha value is -1.82. The molecule has 0 saturated carbocycles. The van der Waals surface area contributed by atoms with E-state index in [2.05, 4.69) is 69.8 Å². The van der Waals surface area contributed by atoms with E-state index >= 15 is 0 Å². The van der Waals surface area contributed by atoms with Gasteiger partial charge >= 0.3 is 0 Å². The van der Waals surface area contributed by atoms with Crippen LogP contribution in [0.1, 0.15) is 40.7 Å². The molecule has 0 aliphatic rings. The molecule has 0 bridgehead atoms. The molecule has 2 aromatic rings. The third-order valence-electron chi connectivity index (χ3n) is 3.56. The highest BCUT2D eigenvalue weighted by Gasteiger charge is 2.09. The van der Waals surface area contributed by atoms with Crippen LogP contribution in [0, 0.1) is 13.8 Å². The summed E-state index contributed by atoms with van der Waals surface area (Å²) in [6.45, 7) is 10.4. The van der Waals surface area contributed by atoms with Gasteiger partial charge in [0.25, 0.3) is 0 Å². The van der Waals surface area contributed by atoms with Gasteiger partial charge < -0.3 is 0 Å². The van der Waals surface area contributed by atoms with Gasteiger partial charge in [-0.1, -0.05) is 67.6 Å². The zero-order chi connectivity index (χ0) is 13.1. The molecule has 0 saturated heterocycles. The molecule has 0 spiro atoms. The maximum absolute atomic E-state index is 3.84. The van der Waals surface area contributed by atoms with Crippen molar-refractivity contribution in [1.29, 1.82) is 0 Å². The average molecular weight is 236 g/mol. The summed E-state index contributed by atoms with van der Waals surface area (Å²) >= 11 is 0. The molecule has 0 aliphatic heterocycles. The summed E-state index contributed by atoms with van der Waals surface area (Å²) in [5.41, 5.74) is 6.57. The molecule has 18 heavy (non-hydrogen) atoms. The van der Waals surface area contributed by atoms with Crippen molar-refractivity contribution in [3.8, 4) is 0 Å². The van der Waals surface area contributed by atoms with Crippen molar-refractivity contribution < 1.29 is 0 Å². The van der Waals surface area contributed by atoms with E-state index < -0.39 is 0 Å². The normalized spacial score (nSPS) is 12.2. The van der Waals surface area contributed by atoms with E-state index in [0.29, 0.717) is 5.92 Å². The highest BCUT2D eigenvalue weighted by atomic mass is 14.1. The fraction of sp³-hybridized carbons (Fsp3) is 0.222. The summed E-state index contributed by atoms with van der Waals surface area (Å²) in [4.78, 5) is 0. The molecule has 0 fully saturated rings. The topological polar surface area (TPSA) is 0 Å². The lowest BCUT2D eigenvalue weighted by Gasteiger charge is -2.14. The number of rotatable bonds is 3. The molecular weight excluding hydrogens is 216 g/mol. The molecule has 0 heteroatoms. The lowest BCUT2D eigenvalue weighted by molar-refractivity contribution is 0.917. The summed E-state index contributed by atoms with van der Waals surface area (Å²) < 4.78 is 0. The number of aryl methyl sites for hydroxylation is 2. The number of benzene rings is 2. The first-order chi connectivity index (χ1) is 8.61.